The highest BCUT2D eigenvalue weighted by atomic mass is 35.5. The number of piperazine rings is 1. The van der Waals surface area contributed by atoms with E-state index in [1.165, 1.54) is 0 Å². The third-order valence-electron chi connectivity index (χ3n) is 4.56. The lowest BCUT2D eigenvalue weighted by Gasteiger charge is -2.48. The normalized spacial score (nSPS) is 19.7. The minimum atomic E-state index is 0.580. The molecule has 0 radical (unpaired) electrons. The average molecular weight is 331 g/mol. The molecular weight excluding hydrogens is 312 g/mol. The number of aromatic nitrogens is 3. The van der Waals surface area contributed by atoms with Crippen molar-refractivity contribution in [2.75, 3.05) is 49.1 Å². The molecule has 120 valence electrons. The first-order chi connectivity index (χ1) is 11.3. The van der Waals surface area contributed by atoms with Crippen LogP contribution in [0.25, 0.3) is 0 Å². The zero-order valence-corrected chi connectivity index (χ0v) is 13.6. The van der Waals surface area contributed by atoms with Crippen LogP contribution in [0.1, 0.15) is 0 Å². The lowest BCUT2D eigenvalue weighted by Crippen LogP contribution is -2.63. The number of pyridine rings is 1. The van der Waals surface area contributed by atoms with Crippen molar-refractivity contribution in [2.45, 2.75) is 6.04 Å². The van der Waals surface area contributed by atoms with E-state index in [4.69, 9.17) is 11.6 Å². The number of halogens is 1. The van der Waals surface area contributed by atoms with E-state index in [0.29, 0.717) is 11.1 Å². The van der Waals surface area contributed by atoms with E-state index in [9.17, 15) is 0 Å². The van der Waals surface area contributed by atoms with Crippen molar-refractivity contribution in [3.05, 3.63) is 41.8 Å². The second-order valence-electron chi connectivity index (χ2n) is 5.97. The van der Waals surface area contributed by atoms with Crippen LogP contribution >= 0.6 is 11.6 Å². The summed E-state index contributed by atoms with van der Waals surface area (Å²) in [5, 5.41) is 0.580. The van der Waals surface area contributed by atoms with E-state index in [0.717, 1.165) is 51.0 Å². The second-order valence-corrected chi connectivity index (χ2v) is 6.41. The quantitative estimate of drug-likeness (QED) is 0.851. The number of rotatable bonds is 3. The highest BCUT2D eigenvalue weighted by Crippen LogP contribution is 2.22. The summed E-state index contributed by atoms with van der Waals surface area (Å²) in [5.41, 5.74) is 0. The summed E-state index contributed by atoms with van der Waals surface area (Å²) >= 11 is 5.83. The van der Waals surface area contributed by atoms with Gasteiger partial charge in [0.1, 0.15) is 5.82 Å². The Morgan fingerprint density at radius 3 is 2.30 bits per heavy atom. The lowest BCUT2D eigenvalue weighted by molar-refractivity contribution is 0.156. The maximum absolute atomic E-state index is 5.83. The molecule has 0 spiro atoms. The summed E-state index contributed by atoms with van der Waals surface area (Å²) in [6.07, 6.45) is 5.17. The molecule has 4 rings (SSSR count). The second kappa shape index (κ2) is 6.29. The monoisotopic (exact) mass is 330 g/mol. The van der Waals surface area contributed by atoms with Crippen LogP contribution in [0.2, 0.25) is 5.02 Å². The Kier molecular flexibility index (Phi) is 4.01. The lowest BCUT2D eigenvalue weighted by atomic mass is 10.1. The topological polar surface area (TPSA) is 48.4 Å². The molecule has 0 saturated carbocycles. The van der Waals surface area contributed by atoms with Gasteiger partial charge < -0.3 is 9.80 Å². The first-order valence-electron chi connectivity index (χ1n) is 7.92. The van der Waals surface area contributed by atoms with Gasteiger partial charge in [0.2, 0.25) is 5.95 Å². The van der Waals surface area contributed by atoms with Crippen LogP contribution < -0.4 is 9.80 Å². The largest absolute Gasteiger partial charge is 0.354 e. The van der Waals surface area contributed by atoms with Crippen LogP contribution in [0.4, 0.5) is 11.8 Å². The van der Waals surface area contributed by atoms with E-state index < -0.39 is 0 Å². The number of hydrogen-bond donors (Lipinski definition) is 0. The summed E-state index contributed by atoms with van der Waals surface area (Å²) in [4.78, 5) is 20.1. The maximum atomic E-state index is 5.83. The fourth-order valence-corrected chi connectivity index (χ4v) is 3.27. The van der Waals surface area contributed by atoms with Crippen molar-refractivity contribution in [2.24, 2.45) is 0 Å². The molecule has 2 aliphatic heterocycles. The van der Waals surface area contributed by atoms with E-state index in [1.807, 2.05) is 18.3 Å². The Morgan fingerprint density at radius 1 is 0.913 bits per heavy atom. The molecule has 23 heavy (non-hydrogen) atoms. The van der Waals surface area contributed by atoms with Gasteiger partial charge in [0.25, 0.3) is 0 Å². The van der Waals surface area contributed by atoms with Crippen molar-refractivity contribution in [3.8, 4) is 0 Å². The predicted molar refractivity (Wildman–Crippen MR) is 91.1 cm³/mol. The van der Waals surface area contributed by atoms with Crippen LogP contribution in [-0.4, -0.2) is 65.2 Å². The van der Waals surface area contributed by atoms with Crippen LogP contribution in [0, 0.1) is 0 Å². The zero-order chi connectivity index (χ0) is 15.6. The molecule has 2 aliphatic rings. The van der Waals surface area contributed by atoms with Gasteiger partial charge in [-0.3, -0.25) is 4.90 Å². The molecule has 0 bridgehead atoms. The average Bonchev–Trinajstić information content (AvgIpc) is 2.57. The van der Waals surface area contributed by atoms with Gasteiger partial charge in [-0.15, -0.1) is 0 Å². The van der Waals surface area contributed by atoms with Gasteiger partial charge in [-0.05, 0) is 12.1 Å². The summed E-state index contributed by atoms with van der Waals surface area (Å²) in [6, 6.07) is 6.69. The third kappa shape index (κ3) is 3.09. The van der Waals surface area contributed by atoms with Crippen molar-refractivity contribution in [1.29, 1.82) is 0 Å². The fourth-order valence-electron chi connectivity index (χ4n) is 3.18. The summed E-state index contributed by atoms with van der Waals surface area (Å²) in [5.74, 6) is 1.86. The standard InChI is InChI=1S/C16H19ClN6/c17-13-9-19-16(20-10-13)23-11-14(12-23)21-5-7-22(8-6-21)15-3-1-2-4-18-15/h1-4,9-10,14H,5-8,11-12H2. The van der Waals surface area contributed by atoms with Gasteiger partial charge in [0.15, 0.2) is 0 Å². The van der Waals surface area contributed by atoms with E-state index in [2.05, 4.69) is 35.7 Å². The van der Waals surface area contributed by atoms with E-state index in [-0.39, 0.29) is 0 Å². The summed E-state index contributed by atoms with van der Waals surface area (Å²) < 4.78 is 0. The third-order valence-corrected chi connectivity index (χ3v) is 4.75. The molecule has 2 aromatic rings. The Labute approximate surface area is 140 Å². The number of hydrogen-bond acceptors (Lipinski definition) is 6. The van der Waals surface area contributed by atoms with Crippen molar-refractivity contribution >= 4 is 23.4 Å². The predicted octanol–water partition coefficient (Wildman–Crippen LogP) is 1.54. The molecule has 2 saturated heterocycles. The van der Waals surface area contributed by atoms with Crippen LogP contribution in [-0.2, 0) is 0 Å². The molecule has 0 aromatic carbocycles. The minimum absolute atomic E-state index is 0.580. The van der Waals surface area contributed by atoms with E-state index >= 15 is 0 Å². The Bertz CT molecular complexity index is 635. The molecule has 4 heterocycles. The number of nitrogens with zero attached hydrogens (tertiary/aromatic N) is 6. The fraction of sp³-hybridized carbons (Fsp3) is 0.438. The van der Waals surface area contributed by atoms with Crippen LogP contribution in [0.3, 0.4) is 0 Å². The Hall–Kier alpha value is -1.92. The van der Waals surface area contributed by atoms with Gasteiger partial charge in [-0.1, -0.05) is 17.7 Å². The van der Waals surface area contributed by atoms with Gasteiger partial charge >= 0.3 is 0 Å². The summed E-state index contributed by atoms with van der Waals surface area (Å²) in [6.45, 7) is 6.21. The highest BCUT2D eigenvalue weighted by molar-refractivity contribution is 6.30. The Morgan fingerprint density at radius 2 is 1.65 bits per heavy atom. The van der Waals surface area contributed by atoms with Gasteiger partial charge in [-0.2, -0.15) is 0 Å². The van der Waals surface area contributed by atoms with E-state index in [1.54, 1.807) is 12.4 Å². The molecule has 0 aliphatic carbocycles. The molecule has 2 aromatic heterocycles. The first kappa shape index (κ1) is 14.7. The molecule has 0 unspecified atom stereocenters. The van der Waals surface area contributed by atoms with Gasteiger partial charge in [0, 0.05) is 51.5 Å². The molecular formula is C16H19ClN6. The first-order valence-corrected chi connectivity index (χ1v) is 8.30. The molecule has 0 amide bonds. The SMILES string of the molecule is Clc1cnc(N2CC(N3CCN(c4ccccn4)CC3)C2)nc1. The smallest absolute Gasteiger partial charge is 0.225 e. The molecule has 0 N–H and O–H groups in total. The van der Waals surface area contributed by atoms with Crippen LogP contribution in [0.5, 0.6) is 0 Å². The highest BCUT2D eigenvalue weighted by Gasteiger charge is 2.34. The molecule has 7 heteroatoms. The molecule has 6 nitrogen and oxygen atoms in total. The summed E-state index contributed by atoms with van der Waals surface area (Å²) in [7, 11) is 0. The van der Waals surface area contributed by atoms with Crippen molar-refractivity contribution in [1.82, 2.24) is 19.9 Å². The maximum Gasteiger partial charge on any atom is 0.225 e. The van der Waals surface area contributed by atoms with Crippen LogP contribution in [0.15, 0.2) is 36.8 Å². The molecule has 2 fully saturated rings. The van der Waals surface area contributed by atoms with Gasteiger partial charge in [0.05, 0.1) is 17.4 Å². The van der Waals surface area contributed by atoms with Crippen molar-refractivity contribution < 1.29 is 0 Å². The minimum Gasteiger partial charge on any atom is -0.354 e. The zero-order valence-electron chi connectivity index (χ0n) is 12.8. The molecule has 0 atom stereocenters. The van der Waals surface area contributed by atoms with Gasteiger partial charge in [-0.25, -0.2) is 15.0 Å². The van der Waals surface area contributed by atoms with Crippen molar-refractivity contribution in [3.63, 3.8) is 0 Å². The Balaban J connectivity index is 1.28. The number of anilines is 2.